The molecule has 0 aromatic heterocycles. The molecule has 0 heterocycles. The van der Waals surface area contributed by atoms with E-state index in [1.165, 1.54) is 11.8 Å². The Morgan fingerprint density at radius 1 is 1.25 bits per heavy atom. The van der Waals surface area contributed by atoms with Gasteiger partial charge in [-0.25, -0.2) is 0 Å². The van der Waals surface area contributed by atoms with E-state index in [1.807, 2.05) is 13.8 Å². The molecule has 0 aliphatic rings. The summed E-state index contributed by atoms with van der Waals surface area (Å²) < 4.78 is 5.07. The SMILES string of the molecule is COc1ccc(N(CC(=O)NCC(C)C)C(C)=O)cc1. The van der Waals surface area contributed by atoms with Gasteiger partial charge in [-0.3, -0.25) is 9.59 Å². The van der Waals surface area contributed by atoms with Gasteiger partial charge in [0.1, 0.15) is 12.3 Å². The van der Waals surface area contributed by atoms with Crippen LogP contribution in [-0.4, -0.2) is 32.0 Å². The minimum Gasteiger partial charge on any atom is -0.497 e. The van der Waals surface area contributed by atoms with Crippen molar-refractivity contribution in [1.29, 1.82) is 0 Å². The standard InChI is InChI=1S/C15H22N2O3/c1-11(2)9-16-15(19)10-17(12(3)18)13-5-7-14(20-4)8-6-13/h5-8,11H,9-10H2,1-4H3,(H,16,19). The number of carbonyl (C=O) groups excluding carboxylic acids is 2. The van der Waals surface area contributed by atoms with Crippen LogP contribution in [0.15, 0.2) is 24.3 Å². The Morgan fingerprint density at radius 3 is 2.30 bits per heavy atom. The number of methoxy groups -OCH3 is 1. The second kappa shape index (κ2) is 7.53. The summed E-state index contributed by atoms with van der Waals surface area (Å²) in [6, 6.07) is 7.04. The van der Waals surface area contributed by atoms with Crippen LogP contribution in [0.3, 0.4) is 0 Å². The second-order valence-electron chi connectivity index (χ2n) is 5.00. The summed E-state index contributed by atoms with van der Waals surface area (Å²) in [5.74, 6) is 0.756. The summed E-state index contributed by atoms with van der Waals surface area (Å²) in [5, 5.41) is 2.80. The van der Waals surface area contributed by atoms with Crippen LogP contribution < -0.4 is 15.0 Å². The number of nitrogens with one attached hydrogen (secondary N) is 1. The van der Waals surface area contributed by atoms with Crippen molar-refractivity contribution in [3.8, 4) is 5.75 Å². The summed E-state index contributed by atoms with van der Waals surface area (Å²) in [6.45, 7) is 6.11. The third-order valence-corrected chi connectivity index (χ3v) is 2.77. The van der Waals surface area contributed by atoms with Crippen LogP contribution >= 0.6 is 0 Å². The number of anilines is 1. The molecule has 0 aliphatic carbocycles. The molecule has 5 heteroatoms. The van der Waals surface area contributed by atoms with Gasteiger partial charge in [-0.15, -0.1) is 0 Å². The number of carbonyl (C=O) groups is 2. The Balaban J connectivity index is 2.73. The smallest absolute Gasteiger partial charge is 0.240 e. The number of hydrogen-bond acceptors (Lipinski definition) is 3. The molecule has 1 rings (SSSR count). The fraction of sp³-hybridized carbons (Fsp3) is 0.467. The average molecular weight is 278 g/mol. The van der Waals surface area contributed by atoms with E-state index >= 15 is 0 Å². The minimum absolute atomic E-state index is 0.0222. The van der Waals surface area contributed by atoms with Crippen LogP contribution in [0, 0.1) is 5.92 Å². The molecule has 20 heavy (non-hydrogen) atoms. The van der Waals surface area contributed by atoms with Gasteiger partial charge in [-0.2, -0.15) is 0 Å². The predicted molar refractivity (Wildman–Crippen MR) is 78.9 cm³/mol. The normalized spacial score (nSPS) is 10.2. The Labute approximate surface area is 119 Å². The number of ether oxygens (including phenoxy) is 1. The summed E-state index contributed by atoms with van der Waals surface area (Å²) in [5.41, 5.74) is 0.679. The maximum atomic E-state index is 11.8. The number of rotatable bonds is 6. The lowest BCUT2D eigenvalue weighted by Crippen LogP contribution is -2.40. The zero-order valence-corrected chi connectivity index (χ0v) is 12.5. The lowest BCUT2D eigenvalue weighted by Gasteiger charge is -2.21. The summed E-state index contributed by atoms with van der Waals surface area (Å²) in [4.78, 5) is 25.0. The first-order valence-corrected chi connectivity index (χ1v) is 6.63. The van der Waals surface area contributed by atoms with Crippen molar-refractivity contribution >= 4 is 17.5 Å². The molecule has 5 nitrogen and oxygen atoms in total. The number of nitrogens with zero attached hydrogens (tertiary/aromatic N) is 1. The van der Waals surface area contributed by atoms with Gasteiger partial charge in [-0.1, -0.05) is 13.8 Å². The van der Waals surface area contributed by atoms with Crippen LogP contribution in [-0.2, 0) is 9.59 Å². The van der Waals surface area contributed by atoms with E-state index in [0.29, 0.717) is 23.9 Å². The molecule has 110 valence electrons. The van der Waals surface area contributed by atoms with E-state index in [4.69, 9.17) is 4.74 Å². The van der Waals surface area contributed by atoms with Gasteiger partial charge in [0, 0.05) is 19.2 Å². The fourth-order valence-corrected chi connectivity index (χ4v) is 1.66. The highest BCUT2D eigenvalue weighted by molar-refractivity contribution is 5.97. The quantitative estimate of drug-likeness (QED) is 0.863. The van der Waals surface area contributed by atoms with Gasteiger partial charge >= 0.3 is 0 Å². The van der Waals surface area contributed by atoms with Gasteiger partial charge < -0.3 is 15.0 Å². The molecule has 0 unspecified atom stereocenters. The Morgan fingerprint density at radius 2 is 1.85 bits per heavy atom. The topological polar surface area (TPSA) is 58.6 Å². The molecular formula is C15H22N2O3. The summed E-state index contributed by atoms with van der Waals surface area (Å²) in [7, 11) is 1.58. The Kier molecular flexibility index (Phi) is 6.03. The van der Waals surface area contributed by atoms with Crippen LogP contribution in [0.4, 0.5) is 5.69 Å². The van der Waals surface area contributed by atoms with Gasteiger partial charge in [0.15, 0.2) is 0 Å². The monoisotopic (exact) mass is 278 g/mol. The molecule has 0 saturated heterocycles. The van der Waals surface area contributed by atoms with E-state index in [9.17, 15) is 9.59 Å². The van der Waals surface area contributed by atoms with Gasteiger partial charge in [0.05, 0.1) is 7.11 Å². The molecular weight excluding hydrogens is 256 g/mol. The zero-order chi connectivity index (χ0) is 15.1. The molecule has 0 spiro atoms. The van der Waals surface area contributed by atoms with E-state index in [0.717, 1.165) is 0 Å². The second-order valence-corrected chi connectivity index (χ2v) is 5.00. The minimum atomic E-state index is -0.171. The maximum Gasteiger partial charge on any atom is 0.240 e. The highest BCUT2D eigenvalue weighted by atomic mass is 16.5. The zero-order valence-electron chi connectivity index (χ0n) is 12.5. The molecule has 1 aromatic rings. The molecule has 0 fully saturated rings. The van der Waals surface area contributed by atoms with Crippen LogP contribution in [0.5, 0.6) is 5.75 Å². The van der Waals surface area contributed by atoms with E-state index in [-0.39, 0.29) is 18.4 Å². The molecule has 1 N–H and O–H groups in total. The summed E-state index contributed by atoms with van der Waals surface area (Å²) >= 11 is 0. The first kappa shape index (κ1) is 16.0. The first-order valence-electron chi connectivity index (χ1n) is 6.63. The molecule has 0 aliphatic heterocycles. The lowest BCUT2D eigenvalue weighted by atomic mass is 10.2. The Bertz CT molecular complexity index is 455. The van der Waals surface area contributed by atoms with E-state index in [2.05, 4.69) is 5.32 Å². The Hall–Kier alpha value is -2.04. The van der Waals surface area contributed by atoms with Crippen LogP contribution in [0.25, 0.3) is 0 Å². The van der Waals surface area contributed by atoms with Crippen molar-refractivity contribution in [2.45, 2.75) is 20.8 Å². The third kappa shape index (κ3) is 4.91. The predicted octanol–water partition coefficient (Wildman–Crippen LogP) is 1.82. The van der Waals surface area contributed by atoms with Gasteiger partial charge in [-0.05, 0) is 30.2 Å². The molecule has 2 amide bonds. The van der Waals surface area contributed by atoms with Crippen molar-refractivity contribution < 1.29 is 14.3 Å². The molecule has 0 bridgehead atoms. The molecule has 0 atom stereocenters. The van der Waals surface area contributed by atoms with E-state index in [1.54, 1.807) is 31.4 Å². The molecule has 0 radical (unpaired) electrons. The van der Waals surface area contributed by atoms with Crippen LogP contribution in [0.1, 0.15) is 20.8 Å². The molecule has 1 aromatic carbocycles. The highest BCUT2D eigenvalue weighted by Crippen LogP contribution is 2.19. The maximum absolute atomic E-state index is 11.8. The lowest BCUT2D eigenvalue weighted by molar-refractivity contribution is -0.123. The third-order valence-electron chi connectivity index (χ3n) is 2.77. The van der Waals surface area contributed by atoms with E-state index < -0.39 is 0 Å². The van der Waals surface area contributed by atoms with Gasteiger partial charge in [0.2, 0.25) is 11.8 Å². The summed E-state index contributed by atoms with van der Waals surface area (Å²) in [6.07, 6.45) is 0. The number of hydrogen-bond donors (Lipinski definition) is 1. The highest BCUT2D eigenvalue weighted by Gasteiger charge is 2.15. The average Bonchev–Trinajstić information content (AvgIpc) is 2.42. The van der Waals surface area contributed by atoms with Crippen molar-refractivity contribution in [3.05, 3.63) is 24.3 Å². The van der Waals surface area contributed by atoms with Crippen molar-refractivity contribution in [2.24, 2.45) is 5.92 Å². The first-order chi connectivity index (χ1) is 9.43. The largest absolute Gasteiger partial charge is 0.497 e. The van der Waals surface area contributed by atoms with Crippen molar-refractivity contribution in [2.75, 3.05) is 25.1 Å². The molecule has 0 saturated carbocycles. The number of amides is 2. The number of benzene rings is 1. The van der Waals surface area contributed by atoms with Crippen LogP contribution in [0.2, 0.25) is 0 Å². The van der Waals surface area contributed by atoms with Crippen molar-refractivity contribution in [1.82, 2.24) is 5.32 Å². The van der Waals surface area contributed by atoms with Crippen molar-refractivity contribution in [3.63, 3.8) is 0 Å². The van der Waals surface area contributed by atoms with Gasteiger partial charge in [0.25, 0.3) is 0 Å². The fourth-order valence-electron chi connectivity index (χ4n) is 1.66.